The van der Waals surface area contributed by atoms with E-state index in [0.717, 1.165) is 37.1 Å². The Bertz CT molecular complexity index is 1190. The molecule has 4 rings (SSSR count). The van der Waals surface area contributed by atoms with Crippen LogP contribution in [0.4, 0.5) is 33.7 Å². The van der Waals surface area contributed by atoms with E-state index in [4.69, 9.17) is 4.74 Å². The van der Waals surface area contributed by atoms with E-state index in [1.165, 1.54) is 24.3 Å². The molecule has 1 atom stereocenters. The second-order valence-corrected chi connectivity index (χ2v) is 7.67. The van der Waals surface area contributed by atoms with Gasteiger partial charge < -0.3 is 20.7 Å². The van der Waals surface area contributed by atoms with Crippen molar-refractivity contribution < 1.29 is 31.9 Å². The summed E-state index contributed by atoms with van der Waals surface area (Å²) in [4.78, 5) is 24.6. The second kappa shape index (κ2) is 10.1. The first-order valence-electron chi connectivity index (χ1n) is 10.6. The predicted octanol–water partition coefficient (Wildman–Crippen LogP) is 3.98. The van der Waals surface area contributed by atoms with Crippen molar-refractivity contribution in [1.82, 2.24) is 20.3 Å². The van der Waals surface area contributed by atoms with E-state index in [-0.39, 0.29) is 17.5 Å². The molecule has 1 unspecified atom stereocenters. The number of benzene rings is 2. The predicted molar refractivity (Wildman–Crippen MR) is 117 cm³/mol. The molecule has 1 saturated heterocycles. The van der Waals surface area contributed by atoms with Crippen LogP contribution in [0.2, 0.25) is 0 Å². The lowest BCUT2D eigenvalue weighted by Crippen LogP contribution is -2.35. The minimum absolute atomic E-state index is 0.0130. The van der Waals surface area contributed by atoms with Gasteiger partial charge in [0.1, 0.15) is 5.82 Å². The van der Waals surface area contributed by atoms with Gasteiger partial charge in [0.15, 0.2) is 11.4 Å². The Morgan fingerprint density at radius 1 is 1.03 bits per heavy atom. The summed E-state index contributed by atoms with van der Waals surface area (Å²) < 4.78 is 60.2. The molecule has 3 N–H and O–H groups in total. The number of nitrogens with one attached hydrogen (secondary N) is 3. The molecule has 0 aliphatic carbocycles. The van der Waals surface area contributed by atoms with Gasteiger partial charge in [-0.15, -0.1) is 5.10 Å². The van der Waals surface area contributed by atoms with Gasteiger partial charge in [0.05, 0.1) is 11.8 Å². The van der Waals surface area contributed by atoms with E-state index in [1.54, 1.807) is 0 Å². The fourth-order valence-corrected chi connectivity index (χ4v) is 3.47. The summed E-state index contributed by atoms with van der Waals surface area (Å²) in [5.74, 6) is -1.78. The van der Waals surface area contributed by atoms with Gasteiger partial charge in [-0.3, -0.25) is 4.79 Å². The van der Waals surface area contributed by atoms with Crippen LogP contribution in [0.25, 0.3) is 5.69 Å². The third-order valence-electron chi connectivity index (χ3n) is 5.14. The molecule has 0 bridgehead atoms. The van der Waals surface area contributed by atoms with Crippen molar-refractivity contribution in [3.8, 4) is 5.69 Å². The van der Waals surface area contributed by atoms with Gasteiger partial charge in [-0.05, 0) is 61.4 Å². The van der Waals surface area contributed by atoms with Crippen LogP contribution in [0.15, 0.2) is 48.5 Å². The van der Waals surface area contributed by atoms with Crippen LogP contribution in [-0.4, -0.2) is 46.2 Å². The van der Waals surface area contributed by atoms with Crippen molar-refractivity contribution in [3.05, 3.63) is 65.7 Å². The van der Waals surface area contributed by atoms with E-state index in [0.29, 0.717) is 23.5 Å². The van der Waals surface area contributed by atoms with Crippen LogP contribution in [0.1, 0.15) is 29.0 Å². The Morgan fingerprint density at radius 2 is 1.69 bits per heavy atom. The summed E-state index contributed by atoms with van der Waals surface area (Å²) in [6, 6.07) is 9.43. The van der Waals surface area contributed by atoms with Gasteiger partial charge in [-0.2, -0.15) is 13.2 Å². The van der Waals surface area contributed by atoms with Gasteiger partial charge in [-0.1, -0.05) is 5.21 Å². The summed E-state index contributed by atoms with van der Waals surface area (Å²) in [6.45, 7) is 1.05. The van der Waals surface area contributed by atoms with Gasteiger partial charge in [-0.25, -0.2) is 13.9 Å². The van der Waals surface area contributed by atoms with Crippen molar-refractivity contribution in [2.24, 2.45) is 0 Å². The summed E-state index contributed by atoms with van der Waals surface area (Å²) in [5, 5.41) is 14.5. The quantitative estimate of drug-likeness (QED) is 0.451. The Hall–Kier alpha value is -4.00. The zero-order chi connectivity index (χ0) is 25.0. The number of ether oxygens (including phenoxy) is 1. The minimum Gasteiger partial charge on any atom is -0.376 e. The van der Waals surface area contributed by atoms with Crippen LogP contribution < -0.4 is 16.0 Å². The highest BCUT2D eigenvalue weighted by molar-refractivity contribution is 6.04. The molecule has 9 nitrogen and oxygen atoms in total. The third-order valence-corrected chi connectivity index (χ3v) is 5.14. The van der Waals surface area contributed by atoms with Crippen LogP contribution in [-0.2, 0) is 10.9 Å². The lowest BCUT2D eigenvalue weighted by Gasteiger charge is -2.12. The Morgan fingerprint density at radius 3 is 2.29 bits per heavy atom. The van der Waals surface area contributed by atoms with Crippen LogP contribution >= 0.6 is 0 Å². The molecule has 0 radical (unpaired) electrons. The van der Waals surface area contributed by atoms with Gasteiger partial charge in [0, 0.05) is 24.5 Å². The molecule has 1 aliphatic rings. The number of hydrogen-bond donors (Lipinski definition) is 3. The maximum atomic E-state index is 13.7. The molecular weight excluding hydrogens is 472 g/mol. The molecule has 184 valence electrons. The Kier molecular flexibility index (Phi) is 6.96. The number of alkyl halides is 3. The monoisotopic (exact) mass is 492 g/mol. The van der Waals surface area contributed by atoms with E-state index >= 15 is 0 Å². The molecule has 2 heterocycles. The summed E-state index contributed by atoms with van der Waals surface area (Å²) >= 11 is 0. The molecule has 3 amide bonds. The smallest absolute Gasteiger partial charge is 0.376 e. The molecule has 1 aromatic heterocycles. The second-order valence-electron chi connectivity index (χ2n) is 7.67. The van der Waals surface area contributed by atoms with Gasteiger partial charge in [0.25, 0.3) is 5.91 Å². The number of carbonyl (C=O) groups is 2. The van der Waals surface area contributed by atoms with Crippen LogP contribution in [0.3, 0.4) is 0 Å². The van der Waals surface area contributed by atoms with Crippen molar-refractivity contribution in [3.63, 3.8) is 0 Å². The highest BCUT2D eigenvalue weighted by atomic mass is 19.4. The summed E-state index contributed by atoms with van der Waals surface area (Å²) in [5.41, 5.74) is -1.88. The number of nitrogens with zero attached hydrogens (tertiary/aromatic N) is 3. The zero-order valence-electron chi connectivity index (χ0n) is 18.1. The van der Waals surface area contributed by atoms with Crippen LogP contribution in [0, 0.1) is 5.82 Å². The number of rotatable bonds is 6. The Balaban J connectivity index is 1.43. The number of amides is 3. The Labute approximate surface area is 196 Å². The maximum Gasteiger partial charge on any atom is 0.435 e. The van der Waals surface area contributed by atoms with E-state index in [1.807, 2.05) is 0 Å². The average molecular weight is 492 g/mol. The first-order valence-corrected chi connectivity index (χ1v) is 10.6. The highest BCUT2D eigenvalue weighted by Crippen LogP contribution is 2.33. The molecular formula is C22H20F4N6O3. The number of carbonyl (C=O) groups excluding carboxylic acids is 2. The van der Waals surface area contributed by atoms with Gasteiger partial charge in [0.2, 0.25) is 0 Å². The molecule has 1 aliphatic heterocycles. The van der Waals surface area contributed by atoms with Crippen molar-refractivity contribution in [2.75, 3.05) is 23.8 Å². The number of halogens is 4. The van der Waals surface area contributed by atoms with Crippen molar-refractivity contribution in [1.29, 1.82) is 0 Å². The standard InChI is InChI=1S/C22H20F4N6O3/c23-13-3-9-16(10-4-13)32-19(22(24,25)26)18(30-31-32)20(33)28-14-5-7-15(8-6-14)29-21(34)27-12-17-2-1-11-35-17/h3-10,17H,1-2,11-12H2,(H,28,33)(H2,27,29,34). The summed E-state index contributed by atoms with van der Waals surface area (Å²) in [7, 11) is 0. The van der Waals surface area contributed by atoms with E-state index in [2.05, 4.69) is 26.3 Å². The molecule has 2 aromatic carbocycles. The lowest BCUT2D eigenvalue weighted by atomic mass is 10.2. The molecule has 13 heteroatoms. The average Bonchev–Trinajstić information content (AvgIpc) is 3.50. The number of anilines is 2. The van der Waals surface area contributed by atoms with Crippen molar-refractivity contribution in [2.45, 2.75) is 25.1 Å². The molecule has 1 fully saturated rings. The number of urea groups is 1. The zero-order valence-corrected chi connectivity index (χ0v) is 18.1. The first-order chi connectivity index (χ1) is 16.7. The molecule has 3 aromatic rings. The third kappa shape index (κ3) is 5.93. The topological polar surface area (TPSA) is 110 Å². The van der Waals surface area contributed by atoms with E-state index in [9.17, 15) is 27.2 Å². The van der Waals surface area contributed by atoms with Gasteiger partial charge >= 0.3 is 12.2 Å². The van der Waals surface area contributed by atoms with Crippen LogP contribution in [0.5, 0.6) is 0 Å². The number of hydrogen-bond acceptors (Lipinski definition) is 5. The largest absolute Gasteiger partial charge is 0.435 e. The maximum absolute atomic E-state index is 13.7. The summed E-state index contributed by atoms with van der Waals surface area (Å²) in [6.07, 6.45) is -3.15. The normalized spacial score (nSPS) is 15.6. The molecule has 0 saturated carbocycles. The minimum atomic E-state index is -4.96. The SMILES string of the molecule is O=C(NCC1CCCO1)Nc1ccc(NC(=O)c2nnn(-c3ccc(F)cc3)c2C(F)(F)F)cc1. The fourth-order valence-electron chi connectivity index (χ4n) is 3.47. The van der Waals surface area contributed by atoms with Crippen molar-refractivity contribution >= 4 is 23.3 Å². The lowest BCUT2D eigenvalue weighted by molar-refractivity contribution is -0.143. The number of aromatic nitrogens is 3. The highest BCUT2D eigenvalue weighted by Gasteiger charge is 2.42. The molecule has 0 spiro atoms. The fraction of sp³-hybridized carbons (Fsp3) is 0.273. The van der Waals surface area contributed by atoms with E-state index < -0.39 is 35.3 Å². The molecule has 35 heavy (non-hydrogen) atoms. The first kappa shape index (κ1) is 24.1.